The lowest BCUT2D eigenvalue weighted by molar-refractivity contribution is -0.429. The van der Waals surface area contributed by atoms with E-state index in [0.717, 1.165) is 11.4 Å². The van der Waals surface area contributed by atoms with Gasteiger partial charge in [0.15, 0.2) is 0 Å². The number of nitrogens with zero attached hydrogens (tertiary/aromatic N) is 3. The molecular weight excluding hydrogens is 310 g/mol. The summed E-state index contributed by atoms with van der Waals surface area (Å²) in [6.07, 6.45) is 3.79. The number of hydrogen-bond donors (Lipinski definition) is 0. The first-order valence-corrected chi connectivity index (χ1v) is 7.82. The smallest absolute Gasteiger partial charge is 0.269 e. The molecule has 2 atom stereocenters. The molecule has 1 fully saturated rings. The van der Waals surface area contributed by atoms with Crippen LogP contribution in [0.1, 0.15) is 27.2 Å². The molecule has 0 amide bonds. The van der Waals surface area contributed by atoms with Gasteiger partial charge in [-0.25, -0.2) is 0 Å². The fraction of sp³-hybridized carbons (Fsp3) is 0.412. The lowest BCUT2D eigenvalue weighted by Gasteiger charge is -2.31. The fourth-order valence-electron chi connectivity index (χ4n) is 3.66. The Bertz CT molecular complexity index is 765. The van der Waals surface area contributed by atoms with Crippen LogP contribution >= 0.6 is 0 Å². The van der Waals surface area contributed by atoms with Gasteiger partial charge in [-0.05, 0) is 30.5 Å². The Morgan fingerprint density at radius 2 is 1.71 bits per heavy atom. The maximum Gasteiger partial charge on any atom is 0.269 e. The number of nitro benzene ring substituents is 1. The van der Waals surface area contributed by atoms with Gasteiger partial charge < -0.3 is 4.90 Å². The van der Waals surface area contributed by atoms with E-state index >= 15 is 0 Å². The summed E-state index contributed by atoms with van der Waals surface area (Å²) in [5.74, 6) is 0.0492. The Morgan fingerprint density at radius 1 is 1.08 bits per heavy atom. The van der Waals surface area contributed by atoms with Gasteiger partial charge in [-0.15, -0.1) is 0 Å². The summed E-state index contributed by atoms with van der Waals surface area (Å²) in [7, 11) is 0. The number of non-ortho nitro benzene ring substituents is 1. The van der Waals surface area contributed by atoms with E-state index in [9.17, 15) is 20.2 Å². The van der Waals surface area contributed by atoms with Crippen LogP contribution in [0.2, 0.25) is 0 Å². The normalized spacial score (nSPS) is 24.9. The van der Waals surface area contributed by atoms with Crippen molar-refractivity contribution in [1.82, 2.24) is 0 Å². The highest BCUT2D eigenvalue weighted by molar-refractivity contribution is 5.60. The molecule has 0 spiro atoms. The van der Waals surface area contributed by atoms with Crippen LogP contribution in [0, 0.1) is 31.6 Å². The van der Waals surface area contributed by atoms with Crippen LogP contribution in [0.4, 0.5) is 11.4 Å². The Morgan fingerprint density at radius 3 is 2.25 bits per heavy atom. The molecule has 7 nitrogen and oxygen atoms in total. The van der Waals surface area contributed by atoms with Crippen LogP contribution in [-0.2, 0) is 0 Å². The van der Waals surface area contributed by atoms with E-state index in [1.54, 1.807) is 18.2 Å². The third-order valence-corrected chi connectivity index (χ3v) is 5.43. The van der Waals surface area contributed by atoms with Crippen LogP contribution in [0.3, 0.4) is 0 Å². The molecule has 1 aliphatic carbocycles. The SMILES string of the molecule is CC1N(c2ccc([N+](=O)[O-])cc2)C2=CC=C([N+](=O)[O-])CC2C1(C)C. The van der Waals surface area contributed by atoms with E-state index < -0.39 is 4.92 Å². The zero-order valence-corrected chi connectivity index (χ0v) is 13.8. The highest BCUT2D eigenvalue weighted by Crippen LogP contribution is 2.53. The van der Waals surface area contributed by atoms with Gasteiger partial charge in [-0.1, -0.05) is 13.8 Å². The average molecular weight is 329 g/mol. The summed E-state index contributed by atoms with van der Waals surface area (Å²) in [4.78, 5) is 23.4. The van der Waals surface area contributed by atoms with Crippen LogP contribution in [0.25, 0.3) is 0 Å². The summed E-state index contributed by atoms with van der Waals surface area (Å²) in [6, 6.07) is 6.57. The summed E-state index contributed by atoms with van der Waals surface area (Å²) in [5.41, 5.74) is 2.03. The van der Waals surface area contributed by atoms with Gasteiger partial charge in [-0.3, -0.25) is 20.2 Å². The van der Waals surface area contributed by atoms with Gasteiger partial charge in [0, 0.05) is 48.0 Å². The molecule has 24 heavy (non-hydrogen) atoms. The topological polar surface area (TPSA) is 89.5 Å². The molecule has 1 aromatic rings. The van der Waals surface area contributed by atoms with E-state index in [2.05, 4.69) is 25.7 Å². The van der Waals surface area contributed by atoms with E-state index in [-0.39, 0.29) is 33.7 Å². The van der Waals surface area contributed by atoms with E-state index in [1.807, 2.05) is 6.08 Å². The zero-order chi connectivity index (χ0) is 17.6. The summed E-state index contributed by atoms with van der Waals surface area (Å²) < 4.78 is 0. The Balaban J connectivity index is 2.03. The third kappa shape index (κ3) is 2.36. The molecule has 0 saturated carbocycles. The quantitative estimate of drug-likeness (QED) is 0.620. The number of fused-ring (bicyclic) bond motifs is 1. The van der Waals surface area contributed by atoms with Gasteiger partial charge in [0.1, 0.15) is 0 Å². The standard InChI is InChI=1S/C17H19N3O4/c1-11-17(2,3)15-10-14(20(23)24)8-9-16(15)18(11)12-4-6-13(7-5-12)19(21)22/h4-9,11,15H,10H2,1-3H3. The number of anilines is 1. The highest BCUT2D eigenvalue weighted by Gasteiger charge is 2.51. The third-order valence-electron chi connectivity index (χ3n) is 5.43. The molecule has 1 aliphatic heterocycles. The summed E-state index contributed by atoms with van der Waals surface area (Å²) >= 11 is 0. The van der Waals surface area contributed by atoms with Crippen molar-refractivity contribution in [2.75, 3.05) is 4.90 Å². The van der Waals surface area contributed by atoms with Crippen molar-refractivity contribution in [1.29, 1.82) is 0 Å². The lowest BCUT2D eigenvalue weighted by atomic mass is 9.73. The monoisotopic (exact) mass is 329 g/mol. The number of allylic oxidation sites excluding steroid dienone is 4. The Hall–Kier alpha value is -2.70. The number of hydrogen-bond acceptors (Lipinski definition) is 5. The molecular formula is C17H19N3O4. The first-order chi connectivity index (χ1) is 11.2. The minimum absolute atomic E-state index is 0.0492. The van der Waals surface area contributed by atoms with Crippen molar-refractivity contribution in [3.05, 3.63) is 68.0 Å². The Kier molecular flexibility index (Phi) is 3.66. The second-order valence-electron chi connectivity index (χ2n) is 6.90. The van der Waals surface area contributed by atoms with Crippen molar-refractivity contribution >= 4 is 11.4 Å². The maximum absolute atomic E-state index is 11.1. The summed E-state index contributed by atoms with van der Waals surface area (Å²) in [5, 5.41) is 22.0. The molecule has 1 saturated heterocycles. The van der Waals surface area contributed by atoms with Gasteiger partial charge in [0.25, 0.3) is 5.69 Å². The van der Waals surface area contributed by atoms with E-state index in [4.69, 9.17) is 0 Å². The minimum Gasteiger partial charge on any atom is -0.341 e. The van der Waals surface area contributed by atoms with Crippen LogP contribution in [0.15, 0.2) is 47.8 Å². The molecule has 0 bridgehead atoms. The predicted molar refractivity (Wildman–Crippen MR) is 90.1 cm³/mol. The fourth-order valence-corrected chi connectivity index (χ4v) is 3.66. The van der Waals surface area contributed by atoms with Crippen molar-refractivity contribution in [3.63, 3.8) is 0 Å². The minimum atomic E-state index is -0.421. The Labute approximate surface area is 139 Å². The van der Waals surface area contributed by atoms with Gasteiger partial charge in [-0.2, -0.15) is 0 Å². The second-order valence-corrected chi connectivity index (χ2v) is 6.90. The van der Waals surface area contributed by atoms with Crippen molar-refractivity contribution in [3.8, 4) is 0 Å². The van der Waals surface area contributed by atoms with Crippen molar-refractivity contribution in [2.24, 2.45) is 11.3 Å². The average Bonchev–Trinajstić information content (AvgIpc) is 2.74. The number of nitro groups is 2. The molecule has 126 valence electrons. The lowest BCUT2D eigenvalue weighted by Crippen LogP contribution is -2.34. The van der Waals surface area contributed by atoms with Gasteiger partial charge in [0.05, 0.1) is 9.85 Å². The van der Waals surface area contributed by atoms with E-state index in [0.29, 0.717) is 6.42 Å². The highest BCUT2D eigenvalue weighted by atomic mass is 16.6. The molecule has 7 heteroatoms. The van der Waals surface area contributed by atoms with E-state index in [1.165, 1.54) is 12.1 Å². The number of rotatable bonds is 3. The molecule has 3 rings (SSSR count). The maximum atomic E-state index is 11.1. The molecule has 2 aliphatic rings. The number of benzene rings is 1. The van der Waals surface area contributed by atoms with Crippen LogP contribution < -0.4 is 4.90 Å². The van der Waals surface area contributed by atoms with Crippen LogP contribution in [0.5, 0.6) is 0 Å². The predicted octanol–water partition coefficient (Wildman–Crippen LogP) is 3.89. The molecule has 0 radical (unpaired) electrons. The molecule has 1 heterocycles. The van der Waals surface area contributed by atoms with Gasteiger partial charge >= 0.3 is 0 Å². The van der Waals surface area contributed by atoms with Gasteiger partial charge in [0.2, 0.25) is 5.70 Å². The zero-order valence-electron chi connectivity index (χ0n) is 13.8. The van der Waals surface area contributed by atoms with Crippen LogP contribution in [-0.4, -0.2) is 15.9 Å². The molecule has 1 aromatic carbocycles. The molecule has 0 aromatic heterocycles. The first kappa shape index (κ1) is 16.2. The molecule has 2 unspecified atom stereocenters. The van der Waals surface area contributed by atoms with Crippen molar-refractivity contribution in [2.45, 2.75) is 33.2 Å². The largest absolute Gasteiger partial charge is 0.341 e. The molecule has 0 N–H and O–H groups in total. The first-order valence-electron chi connectivity index (χ1n) is 7.82. The summed E-state index contributed by atoms with van der Waals surface area (Å²) in [6.45, 7) is 6.32. The van der Waals surface area contributed by atoms with Crippen molar-refractivity contribution < 1.29 is 9.85 Å². The second kappa shape index (κ2) is 5.43.